The van der Waals surface area contributed by atoms with Crippen LogP contribution in [0.2, 0.25) is 15.1 Å². The summed E-state index contributed by atoms with van der Waals surface area (Å²) in [6.45, 7) is 0.101. The minimum absolute atomic E-state index is 0.126. The number of rotatable bonds is 5. The Morgan fingerprint density at radius 1 is 1.05 bits per heavy atom. The summed E-state index contributed by atoms with van der Waals surface area (Å²) in [6, 6.07) is 8.47. The van der Waals surface area contributed by atoms with Crippen LogP contribution in [-0.4, -0.2) is 12.2 Å². The zero-order valence-electron chi connectivity index (χ0n) is 11.2. The van der Waals surface area contributed by atoms with E-state index in [-0.39, 0.29) is 13.2 Å². The molecule has 0 saturated heterocycles. The highest BCUT2D eigenvalue weighted by atomic mass is 35.5. The molecule has 112 valence electrons. The van der Waals surface area contributed by atoms with Crippen molar-refractivity contribution in [3.63, 3.8) is 0 Å². The van der Waals surface area contributed by atoms with E-state index in [2.05, 4.69) is 0 Å². The number of halogens is 3. The van der Waals surface area contributed by atoms with Gasteiger partial charge in [-0.15, -0.1) is 0 Å². The fraction of sp³-hybridized carbons (Fsp3) is 0.200. The molecule has 2 aromatic rings. The summed E-state index contributed by atoms with van der Waals surface area (Å²) in [5.74, 6) is 0.860. The SMILES string of the molecule is COc1cc(CO)cc(Cl)c1OCc1ccc(Cl)cc1Cl. The second-order valence-electron chi connectivity index (χ2n) is 4.29. The quantitative estimate of drug-likeness (QED) is 0.850. The molecule has 21 heavy (non-hydrogen) atoms. The van der Waals surface area contributed by atoms with E-state index in [4.69, 9.17) is 49.4 Å². The van der Waals surface area contributed by atoms with Gasteiger partial charge in [0.1, 0.15) is 6.61 Å². The van der Waals surface area contributed by atoms with Crippen LogP contribution in [0.5, 0.6) is 11.5 Å². The molecule has 0 atom stereocenters. The Labute approximate surface area is 138 Å². The number of hydrogen-bond acceptors (Lipinski definition) is 3. The van der Waals surface area contributed by atoms with E-state index >= 15 is 0 Å². The summed E-state index contributed by atoms with van der Waals surface area (Å²) < 4.78 is 10.9. The van der Waals surface area contributed by atoms with Crippen molar-refractivity contribution in [3.05, 3.63) is 56.5 Å². The third kappa shape index (κ3) is 3.95. The Bertz CT molecular complexity index is 644. The first-order valence-electron chi connectivity index (χ1n) is 6.09. The number of aliphatic hydroxyl groups is 1. The van der Waals surface area contributed by atoms with Crippen molar-refractivity contribution in [3.8, 4) is 11.5 Å². The number of benzene rings is 2. The van der Waals surface area contributed by atoms with Gasteiger partial charge in [0, 0.05) is 15.6 Å². The molecule has 0 aliphatic rings. The van der Waals surface area contributed by atoms with E-state index in [0.717, 1.165) is 5.56 Å². The molecule has 1 N–H and O–H groups in total. The highest BCUT2D eigenvalue weighted by Gasteiger charge is 2.13. The highest BCUT2D eigenvalue weighted by molar-refractivity contribution is 6.35. The average Bonchev–Trinajstić information content (AvgIpc) is 2.46. The molecule has 0 radical (unpaired) electrons. The van der Waals surface area contributed by atoms with Gasteiger partial charge >= 0.3 is 0 Å². The second kappa shape index (κ2) is 7.23. The maximum Gasteiger partial charge on any atom is 0.180 e. The summed E-state index contributed by atoms with van der Waals surface area (Å²) in [7, 11) is 1.51. The molecule has 2 rings (SSSR count). The van der Waals surface area contributed by atoms with Gasteiger partial charge < -0.3 is 14.6 Å². The molecule has 0 fully saturated rings. The van der Waals surface area contributed by atoms with Crippen LogP contribution < -0.4 is 9.47 Å². The lowest BCUT2D eigenvalue weighted by molar-refractivity contribution is 0.274. The molecule has 0 bridgehead atoms. The van der Waals surface area contributed by atoms with E-state index in [0.29, 0.717) is 32.1 Å². The molecule has 6 heteroatoms. The zero-order valence-corrected chi connectivity index (χ0v) is 13.5. The van der Waals surface area contributed by atoms with Crippen LogP contribution in [0.1, 0.15) is 11.1 Å². The molecular weight excluding hydrogens is 335 g/mol. The molecule has 3 nitrogen and oxygen atoms in total. The molecule has 0 aromatic heterocycles. The molecule has 0 spiro atoms. The maximum atomic E-state index is 9.16. The van der Waals surface area contributed by atoms with Crippen LogP contribution in [0.3, 0.4) is 0 Å². The van der Waals surface area contributed by atoms with Crippen molar-refractivity contribution in [1.82, 2.24) is 0 Å². The van der Waals surface area contributed by atoms with Crippen LogP contribution in [0.15, 0.2) is 30.3 Å². The van der Waals surface area contributed by atoms with Crippen LogP contribution in [-0.2, 0) is 13.2 Å². The standard InChI is InChI=1S/C15H13Cl3O3/c1-20-14-5-9(7-19)4-13(18)15(14)21-8-10-2-3-11(16)6-12(10)17/h2-6,19H,7-8H2,1H3. The van der Waals surface area contributed by atoms with Crippen LogP contribution >= 0.6 is 34.8 Å². The summed E-state index contributed by atoms with van der Waals surface area (Å²) in [5.41, 5.74) is 1.43. The van der Waals surface area contributed by atoms with Gasteiger partial charge in [-0.3, -0.25) is 0 Å². The largest absolute Gasteiger partial charge is 0.493 e. The minimum Gasteiger partial charge on any atom is -0.493 e. The van der Waals surface area contributed by atoms with Gasteiger partial charge in [0.25, 0.3) is 0 Å². The van der Waals surface area contributed by atoms with Crippen molar-refractivity contribution in [1.29, 1.82) is 0 Å². The molecule has 0 saturated carbocycles. The first-order valence-corrected chi connectivity index (χ1v) is 7.22. The highest BCUT2D eigenvalue weighted by Crippen LogP contribution is 2.37. The van der Waals surface area contributed by atoms with Crippen molar-refractivity contribution in [2.24, 2.45) is 0 Å². The molecule has 0 aliphatic carbocycles. The number of methoxy groups -OCH3 is 1. The maximum absolute atomic E-state index is 9.16. The Balaban J connectivity index is 2.23. The predicted molar refractivity (Wildman–Crippen MR) is 84.7 cm³/mol. The average molecular weight is 348 g/mol. The Morgan fingerprint density at radius 2 is 1.81 bits per heavy atom. The lowest BCUT2D eigenvalue weighted by Gasteiger charge is -2.14. The summed E-state index contributed by atoms with van der Waals surface area (Å²) in [4.78, 5) is 0. The van der Waals surface area contributed by atoms with Crippen LogP contribution in [0, 0.1) is 0 Å². The fourth-order valence-corrected chi connectivity index (χ4v) is 2.54. The van der Waals surface area contributed by atoms with E-state index in [9.17, 15) is 0 Å². The van der Waals surface area contributed by atoms with Gasteiger partial charge in [0.2, 0.25) is 0 Å². The Hall–Kier alpha value is -1.13. The number of hydrogen-bond donors (Lipinski definition) is 1. The van der Waals surface area contributed by atoms with Gasteiger partial charge in [0.05, 0.1) is 18.7 Å². The third-order valence-electron chi connectivity index (χ3n) is 2.86. The number of aliphatic hydroxyl groups excluding tert-OH is 1. The molecule has 0 heterocycles. The molecule has 0 aliphatic heterocycles. The Morgan fingerprint density at radius 3 is 2.43 bits per heavy atom. The van der Waals surface area contributed by atoms with Crippen LogP contribution in [0.25, 0.3) is 0 Å². The summed E-state index contributed by atoms with van der Waals surface area (Å²) in [6.07, 6.45) is 0. The summed E-state index contributed by atoms with van der Waals surface area (Å²) in [5, 5.41) is 10.6. The smallest absolute Gasteiger partial charge is 0.180 e. The first kappa shape index (κ1) is 16.2. The van der Waals surface area contributed by atoms with E-state index in [1.165, 1.54) is 7.11 Å². The van der Waals surface area contributed by atoms with Gasteiger partial charge in [-0.2, -0.15) is 0 Å². The molecular formula is C15H13Cl3O3. The fourth-order valence-electron chi connectivity index (χ4n) is 1.79. The van der Waals surface area contributed by atoms with Crippen LogP contribution in [0.4, 0.5) is 0 Å². The van der Waals surface area contributed by atoms with Gasteiger partial charge in [-0.1, -0.05) is 40.9 Å². The zero-order chi connectivity index (χ0) is 15.4. The Kier molecular flexibility index (Phi) is 5.59. The first-order chi connectivity index (χ1) is 10.0. The molecule has 0 unspecified atom stereocenters. The summed E-state index contributed by atoms with van der Waals surface area (Å²) >= 11 is 18.1. The van der Waals surface area contributed by atoms with E-state index in [1.54, 1.807) is 30.3 Å². The van der Waals surface area contributed by atoms with Gasteiger partial charge in [-0.25, -0.2) is 0 Å². The van der Waals surface area contributed by atoms with Gasteiger partial charge in [0.15, 0.2) is 11.5 Å². The second-order valence-corrected chi connectivity index (χ2v) is 5.54. The van der Waals surface area contributed by atoms with E-state index in [1.807, 2.05) is 0 Å². The van der Waals surface area contributed by atoms with Crippen molar-refractivity contribution < 1.29 is 14.6 Å². The van der Waals surface area contributed by atoms with Gasteiger partial charge in [-0.05, 0) is 29.8 Å². The third-order valence-corrected chi connectivity index (χ3v) is 3.73. The lowest BCUT2D eigenvalue weighted by atomic mass is 10.2. The minimum atomic E-state index is -0.126. The monoisotopic (exact) mass is 346 g/mol. The predicted octanol–water partition coefficient (Wildman–Crippen LogP) is 4.73. The molecule has 2 aromatic carbocycles. The number of ether oxygens (including phenoxy) is 2. The topological polar surface area (TPSA) is 38.7 Å². The van der Waals surface area contributed by atoms with Crippen molar-refractivity contribution in [2.45, 2.75) is 13.2 Å². The van der Waals surface area contributed by atoms with Crippen molar-refractivity contribution in [2.75, 3.05) is 7.11 Å². The normalized spacial score (nSPS) is 10.5. The van der Waals surface area contributed by atoms with Crippen molar-refractivity contribution >= 4 is 34.8 Å². The van der Waals surface area contributed by atoms with E-state index < -0.39 is 0 Å². The lowest BCUT2D eigenvalue weighted by Crippen LogP contribution is -2.00. The molecule has 0 amide bonds.